The quantitative estimate of drug-likeness (QED) is 0.159. The summed E-state index contributed by atoms with van der Waals surface area (Å²) in [6.45, 7) is 0. The maximum absolute atomic E-state index is 6.61. The molecular weight excluding hydrogens is 949 g/mol. The highest BCUT2D eigenvalue weighted by Gasteiger charge is 2.20. The van der Waals surface area contributed by atoms with Gasteiger partial charge in [0.1, 0.15) is 22.3 Å². The minimum atomic E-state index is 0.579. The zero-order chi connectivity index (χ0) is 49.8. The summed E-state index contributed by atoms with van der Waals surface area (Å²) in [7, 11) is 0. The van der Waals surface area contributed by atoms with Crippen molar-refractivity contribution in [2.45, 2.75) is 0 Å². The summed E-state index contributed by atoms with van der Waals surface area (Å²) in [5, 5.41) is 9.08. The lowest BCUT2D eigenvalue weighted by molar-refractivity contribution is 0.668. The van der Waals surface area contributed by atoms with Crippen LogP contribution in [-0.4, -0.2) is 19.5 Å². The summed E-state index contributed by atoms with van der Waals surface area (Å²) in [5.74, 6) is 1.79. The monoisotopic (exact) mass is 988 g/mol. The van der Waals surface area contributed by atoms with Crippen LogP contribution in [0, 0.1) is 0 Å². The Kier molecular flexibility index (Phi) is 9.40. The maximum atomic E-state index is 6.61. The molecule has 0 bridgehead atoms. The summed E-state index contributed by atoms with van der Waals surface area (Å²) >= 11 is 1.78. The number of hydrogen-bond donors (Lipinski definition) is 0. The SMILES string of the molecule is c1ccc(-c2ccc(-c3nc(-c4ccc5c(c4)oc4ccccc45)nc(-c4cccc5sc6cc(-c7ccc8c(c7)oc7ccc(-c9ccc%10c%11ccccc%11n(-c%11ccccc%11)c%10c9)cc78)ccc6c45)n3)cc2)cc1. The van der Waals surface area contributed by atoms with E-state index in [0.717, 1.165) is 115 Å². The molecule has 0 spiro atoms. The third-order valence-corrected chi connectivity index (χ3v) is 16.2. The molecule has 0 fully saturated rings. The Bertz CT molecular complexity index is 4990. The lowest BCUT2D eigenvalue weighted by Gasteiger charge is -2.10. The van der Waals surface area contributed by atoms with E-state index in [1.165, 1.54) is 26.5 Å². The van der Waals surface area contributed by atoms with Crippen LogP contribution in [0.4, 0.5) is 0 Å². The van der Waals surface area contributed by atoms with Crippen molar-refractivity contribution in [3.8, 4) is 73.2 Å². The van der Waals surface area contributed by atoms with Crippen LogP contribution in [0.2, 0.25) is 0 Å². The number of fused-ring (bicyclic) bond motifs is 12. The molecule has 5 aromatic heterocycles. The van der Waals surface area contributed by atoms with E-state index in [4.69, 9.17) is 23.8 Å². The van der Waals surface area contributed by atoms with Crippen molar-refractivity contribution in [3.05, 3.63) is 243 Å². The topological polar surface area (TPSA) is 69.9 Å². The van der Waals surface area contributed by atoms with E-state index < -0.39 is 0 Å². The number of nitrogens with zero attached hydrogens (tertiary/aromatic N) is 4. The standard InChI is InChI=1S/C69H40N4O2S/c1-3-12-41(13-4-1)42-22-24-43(25-23-42)67-70-68(48-29-33-53-52-17-8-10-20-60(52)74-63(53)39-48)72-69(71-67)56-18-11-21-64-66(56)55-34-28-47(40-65(55)76-64)46-27-32-54-57-36-44(30-35-61(57)75-62(54)38-46)45-26-31-51-50-16-7-9-19-58(50)73(59(51)37-45)49-14-5-2-6-15-49/h1-40H. The van der Waals surface area contributed by atoms with Gasteiger partial charge in [0, 0.05) is 74.9 Å². The third-order valence-electron chi connectivity index (χ3n) is 15.1. The molecule has 16 aromatic rings. The van der Waals surface area contributed by atoms with Crippen molar-refractivity contribution in [1.29, 1.82) is 0 Å². The van der Waals surface area contributed by atoms with E-state index in [1.54, 1.807) is 11.3 Å². The number of aromatic nitrogens is 4. The Morgan fingerprint density at radius 1 is 0.289 bits per heavy atom. The lowest BCUT2D eigenvalue weighted by Crippen LogP contribution is -2.00. The molecule has 354 valence electrons. The smallest absolute Gasteiger partial charge is 0.164 e. The molecule has 16 rings (SSSR count). The van der Waals surface area contributed by atoms with Crippen molar-refractivity contribution < 1.29 is 8.83 Å². The van der Waals surface area contributed by atoms with Crippen LogP contribution in [0.15, 0.2) is 251 Å². The number of thiophene rings is 1. The van der Waals surface area contributed by atoms with Gasteiger partial charge in [-0.2, -0.15) is 0 Å². The second-order valence-electron chi connectivity index (χ2n) is 19.5. The summed E-state index contributed by atoms with van der Waals surface area (Å²) in [4.78, 5) is 15.7. The van der Waals surface area contributed by atoms with Gasteiger partial charge in [-0.3, -0.25) is 0 Å². The van der Waals surface area contributed by atoms with Crippen molar-refractivity contribution in [2.24, 2.45) is 0 Å². The summed E-state index contributed by atoms with van der Waals surface area (Å²) in [5.41, 5.74) is 16.4. The molecule has 0 aliphatic carbocycles. The highest BCUT2D eigenvalue weighted by atomic mass is 32.1. The van der Waals surface area contributed by atoms with Gasteiger partial charge in [-0.15, -0.1) is 11.3 Å². The first-order chi connectivity index (χ1) is 37.6. The Morgan fingerprint density at radius 2 is 0.816 bits per heavy atom. The molecule has 6 nitrogen and oxygen atoms in total. The molecule has 7 heteroatoms. The third kappa shape index (κ3) is 6.83. The molecule has 0 radical (unpaired) electrons. The number of hydrogen-bond acceptors (Lipinski definition) is 6. The zero-order valence-corrected chi connectivity index (χ0v) is 41.4. The molecule has 0 N–H and O–H groups in total. The number of benzene rings is 11. The average molecular weight is 989 g/mol. The van der Waals surface area contributed by atoms with E-state index in [0.29, 0.717) is 17.5 Å². The first-order valence-electron chi connectivity index (χ1n) is 25.5. The second kappa shape index (κ2) is 16.8. The minimum absolute atomic E-state index is 0.579. The van der Waals surface area contributed by atoms with Gasteiger partial charge in [-0.25, -0.2) is 15.0 Å². The molecule has 0 saturated heterocycles. The molecule has 0 unspecified atom stereocenters. The fourth-order valence-corrected chi connectivity index (χ4v) is 12.6. The lowest BCUT2D eigenvalue weighted by atomic mass is 9.99. The first-order valence-corrected chi connectivity index (χ1v) is 26.3. The van der Waals surface area contributed by atoms with E-state index in [-0.39, 0.29) is 0 Å². The van der Waals surface area contributed by atoms with Gasteiger partial charge in [0.15, 0.2) is 17.5 Å². The predicted molar refractivity (Wildman–Crippen MR) is 314 cm³/mol. The Hall–Kier alpha value is -9.95. The molecule has 5 heterocycles. The van der Waals surface area contributed by atoms with Gasteiger partial charge < -0.3 is 13.4 Å². The predicted octanol–water partition coefficient (Wildman–Crippen LogP) is 19.1. The molecule has 11 aromatic carbocycles. The van der Waals surface area contributed by atoms with E-state index in [9.17, 15) is 0 Å². The van der Waals surface area contributed by atoms with Crippen LogP contribution >= 0.6 is 11.3 Å². The van der Waals surface area contributed by atoms with Crippen LogP contribution in [0.5, 0.6) is 0 Å². The van der Waals surface area contributed by atoms with Crippen LogP contribution in [-0.2, 0) is 0 Å². The normalized spacial score (nSPS) is 11.9. The summed E-state index contributed by atoms with van der Waals surface area (Å²) in [6.07, 6.45) is 0. The number of para-hydroxylation sites is 3. The Morgan fingerprint density at radius 3 is 1.63 bits per heavy atom. The molecule has 76 heavy (non-hydrogen) atoms. The van der Waals surface area contributed by atoms with E-state index in [1.807, 2.05) is 30.3 Å². The fraction of sp³-hybridized carbons (Fsp3) is 0. The van der Waals surface area contributed by atoms with Gasteiger partial charge in [-0.1, -0.05) is 164 Å². The summed E-state index contributed by atoms with van der Waals surface area (Å²) in [6, 6.07) is 85.8. The number of furan rings is 2. The van der Waals surface area contributed by atoms with Crippen LogP contribution < -0.4 is 0 Å². The van der Waals surface area contributed by atoms with E-state index in [2.05, 4.69) is 217 Å². The highest BCUT2D eigenvalue weighted by molar-refractivity contribution is 7.26. The molecule has 0 saturated carbocycles. The minimum Gasteiger partial charge on any atom is -0.456 e. The molecular formula is C69H40N4O2S. The second-order valence-corrected chi connectivity index (χ2v) is 20.6. The van der Waals surface area contributed by atoms with Gasteiger partial charge in [0.05, 0.1) is 11.0 Å². The Labute approximate surface area is 439 Å². The molecule has 0 atom stereocenters. The van der Waals surface area contributed by atoms with Crippen molar-refractivity contribution in [2.75, 3.05) is 0 Å². The van der Waals surface area contributed by atoms with Gasteiger partial charge in [0.2, 0.25) is 0 Å². The largest absolute Gasteiger partial charge is 0.456 e. The zero-order valence-electron chi connectivity index (χ0n) is 40.6. The maximum Gasteiger partial charge on any atom is 0.164 e. The van der Waals surface area contributed by atoms with Gasteiger partial charge >= 0.3 is 0 Å². The van der Waals surface area contributed by atoms with Crippen molar-refractivity contribution >= 4 is 97.2 Å². The Balaban J connectivity index is 0.771. The van der Waals surface area contributed by atoms with E-state index >= 15 is 0 Å². The van der Waals surface area contributed by atoms with Crippen molar-refractivity contribution in [1.82, 2.24) is 19.5 Å². The van der Waals surface area contributed by atoms with Crippen LogP contribution in [0.3, 0.4) is 0 Å². The first kappa shape index (κ1) is 42.5. The molecule has 0 aliphatic rings. The summed E-state index contributed by atoms with van der Waals surface area (Å²) < 4.78 is 17.7. The van der Waals surface area contributed by atoms with Gasteiger partial charge in [-0.05, 0) is 112 Å². The fourth-order valence-electron chi connectivity index (χ4n) is 11.4. The van der Waals surface area contributed by atoms with Crippen molar-refractivity contribution in [3.63, 3.8) is 0 Å². The van der Waals surface area contributed by atoms with Crippen LogP contribution in [0.1, 0.15) is 0 Å². The molecule has 0 aliphatic heterocycles. The number of rotatable bonds is 7. The molecule has 0 amide bonds. The van der Waals surface area contributed by atoms with Crippen LogP contribution in [0.25, 0.3) is 159 Å². The average Bonchev–Trinajstić information content (AvgIpc) is 4.26. The van der Waals surface area contributed by atoms with Gasteiger partial charge in [0.25, 0.3) is 0 Å². The highest BCUT2D eigenvalue weighted by Crippen LogP contribution is 2.43.